The van der Waals surface area contributed by atoms with Crippen LogP contribution in [-0.2, 0) is 16.1 Å². The zero-order chi connectivity index (χ0) is 23.8. The van der Waals surface area contributed by atoms with Gasteiger partial charge in [0.1, 0.15) is 17.9 Å². The standard InChI is InChI=1S/C25H29N5O4/c1-27-11-16(10-26)17-12-29(13-17)20-3-2-4-22(20)34-18-5-6-19-15(9-18)14-30(25(19)33)21-7-8-23(31)28-24(21)32/h5-6,9-11,17,20-22,26H,1-4,7-8,12-14H2,(H,28,31,32)/b16-11+,26-10?/t20-,21?,22+/m0/s1. The van der Waals surface area contributed by atoms with Crippen molar-refractivity contribution >= 4 is 30.7 Å². The summed E-state index contributed by atoms with van der Waals surface area (Å²) in [6.07, 6.45) is 6.86. The number of carbonyl (C=O) groups is 3. The van der Waals surface area contributed by atoms with Crippen molar-refractivity contribution in [2.75, 3.05) is 13.1 Å². The van der Waals surface area contributed by atoms with E-state index in [2.05, 4.69) is 21.9 Å². The van der Waals surface area contributed by atoms with Gasteiger partial charge in [0, 0.05) is 56.0 Å². The molecule has 2 N–H and O–H groups in total. The van der Waals surface area contributed by atoms with Crippen LogP contribution in [0.25, 0.3) is 0 Å². The Morgan fingerprint density at radius 2 is 2.03 bits per heavy atom. The Kier molecular flexibility index (Phi) is 6.03. The van der Waals surface area contributed by atoms with Crippen molar-refractivity contribution in [2.24, 2.45) is 10.9 Å². The highest BCUT2D eigenvalue weighted by molar-refractivity contribution is 6.05. The topological polar surface area (TPSA) is 115 Å². The second-order valence-corrected chi connectivity index (χ2v) is 9.48. The number of nitrogens with zero attached hydrogens (tertiary/aromatic N) is 3. The van der Waals surface area contributed by atoms with E-state index in [1.165, 1.54) is 6.21 Å². The Hall–Kier alpha value is -3.33. The number of ether oxygens (including phenoxy) is 1. The first-order valence-electron chi connectivity index (χ1n) is 11.8. The summed E-state index contributed by atoms with van der Waals surface area (Å²) < 4.78 is 6.41. The van der Waals surface area contributed by atoms with Crippen LogP contribution < -0.4 is 10.1 Å². The number of imide groups is 1. The third kappa shape index (κ3) is 4.04. The van der Waals surface area contributed by atoms with Crippen LogP contribution in [0.15, 0.2) is 35.0 Å². The van der Waals surface area contributed by atoms with E-state index in [0.717, 1.165) is 49.2 Å². The van der Waals surface area contributed by atoms with Gasteiger partial charge >= 0.3 is 0 Å². The van der Waals surface area contributed by atoms with Gasteiger partial charge in [0.15, 0.2) is 0 Å². The maximum absolute atomic E-state index is 12.9. The largest absolute Gasteiger partial charge is 0.489 e. The van der Waals surface area contributed by atoms with Gasteiger partial charge < -0.3 is 15.0 Å². The number of fused-ring (bicyclic) bond motifs is 1. The van der Waals surface area contributed by atoms with Gasteiger partial charge in [-0.25, -0.2) is 0 Å². The lowest BCUT2D eigenvalue weighted by molar-refractivity contribution is -0.136. The molecule has 0 spiro atoms. The van der Waals surface area contributed by atoms with Gasteiger partial charge in [-0.2, -0.15) is 0 Å². The molecule has 9 heteroatoms. The first-order valence-corrected chi connectivity index (χ1v) is 11.8. The molecule has 0 radical (unpaired) electrons. The quantitative estimate of drug-likeness (QED) is 0.474. The summed E-state index contributed by atoms with van der Waals surface area (Å²) in [4.78, 5) is 44.4. The maximum atomic E-state index is 12.9. The number of hydrogen-bond acceptors (Lipinski definition) is 7. The average Bonchev–Trinajstić information content (AvgIpc) is 3.36. The van der Waals surface area contributed by atoms with Crippen LogP contribution in [-0.4, -0.2) is 71.7 Å². The van der Waals surface area contributed by atoms with Crippen molar-refractivity contribution < 1.29 is 19.1 Å². The zero-order valence-corrected chi connectivity index (χ0v) is 19.0. The van der Waals surface area contributed by atoms with Crippen LogP contribution in [0.3, 0.4) is 0 Å². The molecule has 1 aliphatic carbocycles. The summed E-state index contributed by atoms with van der Waals surface area (Å²) in [7, 11) is 0. The number of amides is 3. The summed E-state index contributed by atoms with van der Waals surface area (Å²) in [6, 6.07) is 5.25. The second-order valence-electron chi connectivity index (χ2n) is 9.48. The normalized spacial score (nSPS) is 27.9. The second kappa shape index (κ2) is 9.13. The first kappa shape index (κ1) is 22.5. The fraction of sp³-hybridized carbons (Fsp3) is 0.480. The van der Waals surface area contributed by atoms with Crippen molar-refractivity contribution in [2.45, 2.75) is 56.8 Å². The lowest BCUT2D eigenvalue weighted by atomic mass is 9.90. The molecule has 9 nitrogen and oxygen atoms in total. The van der Waals surface area contributed by atoms with E-state index in [-0.39, 0.29) is 24.3 Å². The van der Waals surface area contributed by atoms with Crippen LogP contribution in [0, 0.1) is 11.3 Å². The molecule has 0 aromatic heterocycles. The third-order valence-corrected chi connectivity index (χ3v) is 7.46. The molecule has 0 bridgehead atoms. The van der Waals surface area contributed by atoms with Crippen LogP contribution >= 0.6 is 0 Å². The van der Waals surface area contributed by atoms with Gasteiger partial charge in [-0.05, 0) is 61.7 Å². The lowest BCUT2D eigenvalue weighted by Gasteiger charge is -2.45. The molecule has 1 saturated carbocycles. The van der Waals surface area contributed by atoms with Crippen molar-refractivity contribution in [1.82, 2.24) is 15.1 Å². The van der Waals surface area contributed by atoms with Crippen LogP contribution in [0.1, 0.15) is 48.0 Å². The molecule has 3 atom stereocenters. The Morgan fingerprint density at radius 1 is 1.21 bits per heavy atom. The lowest BCUT2D eigenvalue weighted by Crippen LogP contribution is -2.56. The highest BCUT2D eigenvalue weighted by atomic mass is 16.5. The molecular formula is C25H29N5O4. The Bertz CT molecular complexity index is 1080. The van der Waals surface area contributed by atoms with Gasteiger partial charge in [0.2, 0.25) is 11.8 Å². The van der Waals surface area contributed by atoms with E-state index >= 15 is 0 Å². The van der Waals surface area contributed by atoms with Crippen molar-refractivity contribution in [3.05, 3.63) is 41.1 Å². The molecule has 1 aromatic carbocycles. The molecule has 34 heavy (non-hydrogen) atoms. The summed E-state index contributed by atoms with van der Waals surface area (Å²) in [6.45, 7) is 5.61. The van der Waals surface area contributed by atoms with Gasteiger partial charge in [0.05, 0.1) is 0 Å². The van der Waals surface area contributed by atoms with E-state index in [1.807, 2.05) is 12.1 Å². The molecule has 2 saturated heterocycles. The van der Waals surface area contributed by atoms with Crippen molar-refractivity contribution in [3.63, 3.8) is 0 Å². The van der Waals surface area contributed by atoms with Crippen LogP contribution in [0.2, 0.25) is 0 Å². The number of nitrogens with one attached hydrogen (secondary N) is 2. The number of piperidine rings is 1. The highest BCUT2D eigenvalue weighted by Gasteiger charge is 2.42. The number of likely N-dealkylation sites (tertiary alicyclic amines) is 1. The molecule has 1 unspecified atom stereocenters. The van der Waals surface area contributed by atoms with Gasteiger partial charge in [-0.15, -0.1) is 0 Å². The molecule has 5 rings (SSSR count). The predicted octanol–water partition coefficient (Wildman–Crippen LogP) is 1.91. The average molecular weight is 464 g/mol. The van der Waals surface area contributed by atoms with Gasteiger partial charge in [-0.1, -0.05) is 0 Å². The number of aliphatic imine (C=N–C) groups is 1. The Morgan fingerprint density at radius 3 is 2.76 bits per heavy atom. The number of carbonyl (C=O) groups excluding carboxylic acids is 3. The minimum atomic E-state index is -0.614. The first-order chi connectivity index (χ1) is 16.5. The number of benzene rings is 1. The minimum absolute atomic E-state index is 0.0762. The molecule has 4 aliphatic rings. The fourth-order valence-electron chi connectivity index (χ4n) is 5.62. The van der Waals surface area contributed by atoms with Crippen molar-refractivity contribution in [3.8, 4) is 5.75 Å². The smallest absolute Gasteiger partial charge is 0.255 e. The summed E-state index contributed by atoms with van der Waals surface area (Å²) in [5, 5.41) is 9.92. The van der Waals surface area contributed by atoms with E-state index < -0.39 is 11.9 Å². The van der Waals surface area contributed by atoms with E-state index in [4.69, 9.17) is 10.1 Å². The molecule has 1 aromatic rings. The van der Waals surface area contributed by atoms with Gasteiger partial charge in [0.25, 0.3) is 5.91 Å². The Balaban J connectivity index is 1.23. The highest BCUT2D eigenvalue weighted by Crippen LogP contribution is 2.36. The Labute approximate surface area is 198 Å². The van der Waals surface area contributed by atoms with Gasteiger partial charge in [-0.3, -0.25) is 29.6 Å². The molecule has 3 amide bonds. The van der Waals surface area contributed by atoms with Crippen LogP contribution in [0.4, 0.5) is 0 Å². The van der Waals surface area contributed by atoms with E-state index in [9.17, 15) is 14.4 Å². The summed E-state index contributed by atoms with van der Waals surface area (Å²) in [5.74, 6) is 0.184. The fourth-order valence-corrected chi connectivity index (χ4v) is 5.62. The molecule has 3 aliphatic heterocycles. The number of rotatable bonds is 7. The summed E-state index contributed by atoms with van der Waals surface area (Å²) >= 11 is 0. The molecule has 3 heterocycles. The third-order valence-electron chi connectivity index (χ3n) is 7.46. The van der Waals surface area contributed by atoms with Crippen molar-refractivity contribution in [1.29, 1.82) is 5.41 Å². The summed E-state index contributed by atoms with van der Waals surface area (Å²) in [5.41, 5.74) is 2.35. The van der Waals surface area contributed by atoms with E-state index in [1.54, 1.807) is 17.2 Å². The monoisotopic (exact) mass is 463 g/mol. The maximum Gasteiger partial charge on any atom is 0.255 e. The predicted molar refractivity (Wildman–Crippen MR) is 126 cm³/mol. The minimum Gasteiger partial charge on any atom is -0.489 e. The molecular weight excluding hydrogens is 434 g/mol. The zero-order valence-electron chi connectivity index (χ0n) is 19.0. The van der Waals surface area contributed by atoms with Crippen LogP contribution in [0.5, 0.6) is 5.75 Å². The van der Waals surface area contributed by atoms with E-state index in [0.29, 0.717) is 30.5 Å². The molecule has 3 fully saturated rings. The SMILES string of the molecule is C=N/C=C(\C=N)C1CN([C@H]2CCC[C@H]2Oc2ccc3c(c2)CN(C2CCC(=O)NC2=O)C3=O)C1. The molecule has 178 valence electrons. The number of hydrogen-bond donors (Lipinski definition) is 2.